The van der Waals surface area contributed by atoms with E-state index in [1.165, 1.54) is 63.3 Å². The monoisotopic (exact) mass is 522 g/mol. The molecule has 3 rings (SSSR count). The molecule has 13 heteroatoms. The summed E-state index contributed by atoms with van der Waals surface area (Å²) in [6.07, 6.45) is -1.74. The molecule has 3 aromatic rings. The quantitative estimate of drug-likeness (QED) is 0.246. The molecule has 0 saturated heterocycles. The van der Waals surface area contributed by atoms with Crippen molar-refractivity contribution in [2.24, 2.45) is 0 Å². The normalized spacial score (nSPS) is 12.4. The number of aliphatic hydroxyl groups is 1. The van der Waals surface area contributed by atoms with E-state index in [1.54, 1.807) is 6.07 Å². The molecule has 1 aromatic heterocycles. The third-order valence-electron chi connectivity index (χ3n) is 5.20. The molecule has 0 bridgehead atoms. The van der Waals surface area contributed by atoms with Gasteiger partial charge in [-0.25, -0.2) is 18.7 Å². The van der Waals surface area contributed by atoms with Gasteiger partial charge in [-0.15, -0.1) is 0 Å². The molecule has 0 saturated carbocycles. The second-order valence-corrected chi connectivity index (χ2v) is 9.71. The predicted octanol–water partition coefficient (Wildman–Crippen LogP) is 1.89. The lowest BCUT2D eigenvalue weighted by molar-refractivity contribution is 0.155. The number of amides is 1. The Balaban J connectivity index is 2.09. The molecule has 1 unspecified atom stereocenters. The minimum atomic E-state index is -3.96. The van der Waals surface area contributed by atoms with E-state index in [0.717, 1.165) is 0 Å². The van der Waals surface area contributed by atoms with Crippen molar-refractivity contribution in [3.8, 4) is 5.75 Å². The maximum atomic E-state index is 15.2. The van der Waals surface area contributed by atoms with Gasteiger partial charge in [-0.3, -0.25) is 10.0 Å². The molecule has 0 radical (unpaired) electrons. The third kappa shape index (κ3) is 6.37. The number of carbonyl (C=O) groups is 1. The molecule has 4 N–H and O–H groups in total. The van der Waals surface area contributed by atoms with Gasteiger partial charge in [-0.05, 0) is 36.2 Å². The summed E-state index contributed by atoms with van der Waals surface area (Å²) in [7, 11) is 0.259. The Kier molecular flexibility index (Phi) is 8.30. The smallest absolute Gasteiger partial charge is 0.414 e. The summed E-state index contributed by atoms with van der Waals surface area (Å²) in [6.45, 7) is 1.54. The lowest BCUT2D eigenvalue weighted by Gasteiger charge is -2.16. The van der Waals surface area contributed by atoms with Gasteiger partial charge in [-0.1, -0.05) is 12.1 Å². The number of anilines is 1. The number of aliphatic hydroxyl groups excluding tert-OH is 1. The van der Waals surface area contributed by atoms with Gasteiger partial charge in [-0.2, -0.15) is 8.42 Å². The van der Waals surface area contributed by atoms with Crippen LogP contribution in [0.25, 0.3) is 11.0 Å². The highest BCUT2D eigenvalue weighted by Crippen LogP contribution is 2.28. The van der Waals surface area contributed by atoms with Crippen LogP contribution in [0, 0.1) is 5.82 Å². The maximum absolute atomic E-state index is 15.2. The van der Waals surface area contributed by atoms with Crippen molar-refractivity contribution in [2.45, 2.75) is 26.1 Å². The summed E-state index contributed by atoms with van der Waals surface area (Å²) >= 11 is 0. The van der Waals surface area contributed by atoms with Crippen LogP contribution in [0.1, 0.15) is 23.6 Å². The fraction of sp³-hybridized carbons (Fsp3) is 0.304. The summed E-state index contributed by atoms with van der Waals surface area (Å²) in [4.78, 5) is 26.1. The lowest BCUT2D eigenvalue weighted by Crippen LogP contribution is -2.27. The van der Waals surface area contributed by atoms with E-state index >= 15 is 4.39 Å². The SMILES string of the molecule is CNS(=O)(=O)Nc1cccc(Cc2c(CNC(C)O)c3ccc(OC(=O)N(C)C)cc3oc2=O)c1F. The number of hydrogen-bond donors (Lipinski definition) is 4. The molecule has 2 aromatic carbocycles. The summed E-state index contributed by atoms with van der Waals surface area (Å²) in [5.41, 5.74) is -0.321. The van der Waals surface area contributed by atoms with Crippen LogP contribution in [0.3, 0.4) is 0 Å². The molecule has 0 aliphatic rings. The molecular formula is C23H27FN4O7S. The predicted molar refractivity (Wildman–Crippen MR) is 132 cm³/mol. The highest BCUT2D eigenvalue weighted by atomic mass is 32.2. The number of ether oxygens (including phenoxy) is 1. The first-order valence-corrected chi connectivity index (χ1v) is 12.3. The number of halogens is 1. The van der Waals surface area contributed by atoms with Gasteiger partial charge in [0.05, 0.1) is 5.69 Å². The Morgan fingerprint density at radius 3 is 2.58 bits per heavy atom. The minimum absolute atomic E-state index is 0.0413. The van der Waals surface area contributed by atoms with E-state index in [2.05, 4.69) is 10.0 Å². The van der Waals surface area contributed by atoms with Crippen molar-refractivity contribution in [1.82, 2.24) is 14.9 Å². The number of nitrogens with zero attached hydrogens (tertiary/aromatic N) is 1. The van der Waals surface area contributed by atoms with Crippen molar-refractivity contribution in [1.29, 1.82) is 0 Å². The Hall–Kier alpha value is -3.52. The van der Waals surface area contributed by atoms with Crippen LogP contribution >= 0.6 is 0 Å². The van der Waals surface area contributed by atoms with Crippen LogP contribution in [0.2, 0.25) is 0 Å². The standard InChI is InChI=1S/C23H27FN4O7S/c1-13(29)26-12-18-16-9-8-15(34-23(31)28(3)4)11-20(16)35-22(30)17(18)10-14-6-5-7-19(21(14)24)27-36(32,33)25-2/h5-9,11,13,25-27,29H,10,12H2,1-4H3. The highest BCUT2D eigenvalue weighted by molar-refractivity contribution is 7.90. The van der Waals surface area contributed by atoms with E-state index in [0.29, 0.717) is 10.9 Å². The summed E-state index contributed by atoms with van der Waals surface area (Å²) in [6, 6.07) is 8.63. The molecule has 0 aliphatic carbocycles. The molecule has 1 atom stereocenters. The van der Waals surface area contributed by atoms with Gasteiger partial charge in [0.2, 0.25) is 0 Å². The Bertz CT molecular complexity index is 1440. The number of rotatable bonds is 9. The van der Waals surface area contributed by atoms with E-state index in [9.17, 15) is 23.1 Å². The molecule has 36 heavy (non-hydrogen) atoms. The third-order valence-corrected chi connectivity index (χ3v) is 6.22. The Morgan fingerprint density at radius 2 is 1.94 bits per heavy atom. The van der Waals surface area contributed by atoms with Gasteiger partial charge in [0.15, 0.2) is 5.82 Å². The second kappa shape index (κ2) is 11.0. The zero-order chi connectivity index (χ0) is 26.6. The van der Waals surface area contributed by atoms with Crippen LogP contribution in [0.4, 0.5) is 14.9 Å². The first-order valence-electron chi connectivity index (χ1n) is 10.8. The molecule has 0 fully saturated rings. The van der Waals surface area contributed by atoms with E-state index in [-0.39, 0.29) is 41.1 Å². The maximum Gasteiger partial charge on any atom is 0.414 e. The molecular weight excluding hydrogens is 495 g/mol. The van der Waals surface area contributed by atoms with Crippen molar-refractivity contribution in [3.63, 3.8) is 0 Å². The average Bonchev–Trinajstić information content (AvgIpc) is 2.80. The molecule has 0 spiro atoms. The fourth-order valence-corrected chi connectivity index (χ4v) is 3.90. The summed E-state index contributed by atoms with van der Waals surface area (Å²) < 4.78 is 53.6. The van der Waals surface area contributed by atoms with Crippen LogP contribution < -0.4 is 25.1 Å². The number of hydrogen-bond acceptors (Lipinski definition) is 8. The lowest BCUT2D eigenvalue weighted by atomic mass is 9.97. The molecule has 0 aliphatic heterocycles. The zero-order valence-corrected chi connectivity index (χ0v) is 20.9. The first-order chi connectivity index (χ1) is 16.9. The van der Waals surface area contributed by atoms with Gasteiger partial charge in [0, 0.05) is 51.1 Å². The molecule has 11 nitrogen and oxygen atoms in total. The zero-order valence-electron chi connectivity index (χ0n) is 20.1. The van der Waals surface area contributed by atoms with Gasteiger partial charge >= 0.3 is 11.7 Å². The average molecular weight is 523 g/mol. The van der Waals surface area contributed by atoms with E-state index < -0.39 is 34.0 Å². The van der Waals surface area contributed by atoms with Crippen LogP contribution in [0.15, 0.2) is 45.6 Å². The topological polar surface area (TPSA) is 150 Å². The fourth-order valence-electron chi connectivity index (χ4n) is 3.35. The number of carbonyl (C=O) groups excluding carboxylic acids is 1. The van der Waals surface area contributed by atoms with Gasteiger partial charge in [0.25, 0.3) is 10.2 Å². The number of nitrogens with one attached hydrogen (secondary N) is 3. The highest BCUT2D eigenvalue weighted by Gasteiger charge is 2.20. The van der Waals surface area contributed by atoms with Crippen molar-refractivity contribution < 1.29 is 31.9 Å². The van der Waals surface area contributed by atoms with Crippen LogP contribution in [-0.2, 0) is 23.2 Å². The summed E-state index contributed by atoms with van der Waals surface area (Å²) in [5.74, 6) is -0.696. The van der Waals surface area contributed by atoms with Gasteiger partial charge in [0.1, 0.15) is 17.6 Å². The molecule has 194 valence electrons. The largest absolute Gasteiger partial charge is 0.422 e. The Morgan fingerprint density at radius 1 is 1.22 bits per heavy atom. The van der Waals surface area contributed by atoms with E-state index in [1.807, 2.05) is 4.72 Å². The molecule has 1 amide bonds. The summed E-state index contributed by atoms with van der Waals surface area (Å²) in [5, 5.41) is 13.0. The van der Waals surface area contributed by atoms with Crippen LogP contribution in [-0.4, -0.2) is 51.9 Å². The Labute approximate surface area is 207 Å². The minimum Gasteiger partial charge on any atom is -0.422 e. The number of benzene rings is 2. The molecule has 1 heterocycles. The first kappa shape index (κ1) is 27.1. The second-order valence-electron chi connectivity index (χ2n) is 8.09. The number of fused-ring (bicyclic) bond motifs is 1. The van der Waals surface area contributed by atoms with Crippen molar-refractivity contribution >= 4 is 33.0 Å². The van der Waals surface area contributed by atoms with Crippen molar-refractivity contribution in [2.75, 3.05) is 25.9 Å². The van der Waals surface area contributed by atoms with Gasteiger partial charge < -0.3 is 19.2 Å². The van der Waals surface area contributed by atoms with Crippen molar-refractivity contribution in [3.05, 3.63) is 69.3 Å². The van der Waals surface area contributed by atoms with Crippen LogP contribution in [0.5, 0.6) is 5.75 Å². The van der Waals surface area contributed by atoms with E-state index in [4.69, 9.17) is 9.15 Å².